The van der Waals surface area contributed by atoms with Crippen molar-refractivity contribution in [3.63, 3.8) is 0 Å². The average molecular weight is 356 g/mol. The fraction of sp³-hybridized carbons (Fsp3) is 0.818. The number of nitrogens with two attached hydrogens (primary N) is 1. The van der Waals surface area contributed by atoms with Crippen LogP contribution in [0, 0.1) is 5.92 Å². The molecule has 0 aliphatic rings. The van der Waals surface area contributed by atoms with Crippen molar-refractivity contribution < 1.29 is 4.79 Å². The van der Waals surface area contributed by atoms with Gasteiger partial charge in [-0.15, -0.1) is 24.0 Å². The summed E-state index contributed by atoms with van der Waals surface area (Å²) in [5.74, 6) is 1.14. The first kappa shape index (κ1) is 18.8. The number of nitrogens with zero attached hydrogens (tertiary/aromatic N) is 2. The van der Waals surface area contributed by atoms with Crippen LogP contribution in [0.2, 0.25) is 0 Å². The Hall–Kier alpha value is -0.530. The number of aliphatic imine (C=N–C) groups is 1. The number of rotatable bonds is 6. The molecule has 0 saturated heterocycles. The van der Waals surface area contributed by atoms with Crippen LogP contribution in [-0.4, -0.2) is 44.0 Å². The van der Waals surface area contributed by atoms with Crippen molar-refractivity contribution in [1.82, 2.24) is 10.2 Å². The van der Waals surface area contributed by atoms with E-state index >= 15 is 0 Å². The summed E-state index contributed by atoms with van der Waals surface area (Å²) in [5, 5.41) is 2.92. The largest absolute Gasteiger partial charge is 0.370 e. The number of guanidine groups is 1. The van der Waals surface area contributed by atoms with E-state index in [4.69, 9.17) is 5.73 Å². The van der Waals surface area contributed by atoms with Gasteiger partial charge in [0.15, 0.2) is 5.96 Å². The number of carbonyl (C=O) groups excluding carboxylic acids is 1. The van der Waals surface area contributed by atoms with E-state index < -0.39 is 0 Å². The third-order valence-corrected chi connectivity index (χ3v) is 2.13. The molecule has 0 aromatic carbocycles. The van der Waals surface area contributed by atoms with Crippen LogP contribution in [-0.2, 0) is 4.79 Å². The van der Waals surface area contributed by atoms with Gasteiger partial charge in [0, 0.05) is 33.6 Å². The Bertz CT molecular complexity index is 242. The van der Waals surface area contributed by atoms with Crippen LogP contribution in [0.5, 0.6) is 0 Å². The minimum atomic E-state index is 0. The molecule has 0 saturated carbocycles. The Morgan fingerprint density at radius 2 is 2.00 bits per heavy atom. The zero-order valence-corrected chi connectivity index (χ0v) is 13.5. The summed E-state index contributed by atoms with van der Waals surface area (Å²) < 4.78 is 0. The molecule has 0 unspecified atom stereocenters. The molecule has 0 bridgehead atoms. The van der Waals surface area contributed by atoms with Crippen LogP contribution in [0.25, 0.3) is 0 Å². The lowest BCUT2D eigenvalue weighted by atomic mass is 10.1. The maximum absolute atomic E-state index is 11.2. The molecule has 17 heavy (non-hydrogen) atoms. The van der Waals surface area contributed by atoms with Crippen molar-refractivity contribution in [2.24, 2.45) is 16.6 Å². The molecule has 6 heteroatoms. The number of amides is 1. The lowest BCUT2D eigenvalue weighted by Gasteiger charge is -2.10. The van der Waals surface area contributed by atoms with Crippen molar-refractivity contribution in [2.45, 2.75) is 26.7 Å². The molecular formula is C11H25IN4O. The number of halogens is 1. The first-order valence-electron chi connectivity index (χ1n) is 5.67. The third-order valence-electron chi connectivity index (χ3n) is 2.13. The van der Waals surface area contributed by atoms with Crippen LogP contribution in [0.3, 0.4) is 0 Å². The molecule has 0 fully saturated rings. The number of hydrogen-bond acceptors (Lipinski definition) is 2. The molecule has 0 aliphatic heterocycles. The highest BCUT2D eigenvalue weighted by molar-refractivity contribution is 14.0. The van der Waals surface area contributed by atoms with Crippen molar-refractivity contribution in [2.75, 3.05) is 27.2 Å². The van der Waals surface area contributed by atoms with E-state index in [1.807, 2.05) is 0 Å². The van der Waals surface area contributed by atoms with Gasteiger partial charge in [-0.3, -0.25) is 9.79 Å². The molecule has 0 rings (SSSR count). The van der Waals surface area contributed by atoms with Crippen molar-refractivity contribution in [3.05, 3.63) is 0 Å². The molecule has 0 atom stereocenters. The predicted octanol–water partition coefficient (Wildman–Crippen LogP) is 1.03. The standard InChI is InChI=1S/C11H24N4O.HI/c1-9(2)5-7-13-11(12)14-8-6-10(16)15(3)4;/h9H,5-8H2,1-4H3,(H3,12,13,14);1H. The van der Waals surface area contributed by atoms with Gasteiger partial charge in [-0.05, 0) is 12.3 Å². The minimum absolute atomic E-state index is 0. The van der Waals surface area contributed by atoms with Gasteiger partial charge < -0.3 is 16.0 Å². The molecule has 0 aromatic rings. The molecule has 1 amide bonds. The number of nitrogens with one attached hydrogen (secondary N) is 1. The summed E-state index contributed by atoms with van der Waals surface area (Å²) in [5.41, 5.74) is 5.64. The van der Waals surface area contributed by atoms with Gasteiger partial charge in [-0.1, -0.05) is 13.8 Å². The first-order chi connectivity index (χ1) is 7.43. The maximum atomic E-state index is 11.2. The fourth-order valence-electron chi connectivity index (χ4n) is 1.02. The van der Waals surface area contributed by atoms with Crippen LogP contribution in [0.15, 0.2) is 4.99 Å². The van der Waals surface area contributed by atoms with Crippen LogP contribution in [0.4, 0.5) is 0 Å². The molecule has 3 N–H and O–H groups in total. The summed E-state index contributed by atoms with van der Waals surface area (Å²) in [6.07, 6.45) is 1.46. The van der Waals surface area contributed by atoms with E-state index in [2.05, 4.69) is 24.2 Å². The topological polar surface area (TPSA) is 70.7 Å². The Labute approximate surface area is 121 Å². The smallest absolute Gasteiger partial charge is 0.223 e. The van der Waals surface area contributed by atoms with Gasteiger partial charge in [0.2, 0.25) is 5.91 Å². The molecule has 5 nitrogen and oxygen atoms in total. The van der Waals surface area contributed by atoms with Crippen LogP contribution >= 0.6 is 24.0 Å². The van der Waals surface area contributed by atoms with E-state index in [1.54, 1.807) is 19.0 Å². The summed E-state index contributed by atoms with van der Waals surface area (Å²) in [7, 11) is 3.48. The zero-order valence-electron chi connectivity index (χ0n) is 11.2. The van der Waals surface area contributed by atoms with Crippen molar-refractivity contribution in [3.8, 4) is 0 Å². The Morgan fingerprint density at radius 1 is 1.41 bits per heavy atom. The summed E-state index contributed by atoms with van der Waals surface area (Å²) in [6.45, 7) is 5.57. The van der Waals surface area contributed by atoms with Gasteiger partial charge in [0.25, 0.3) is 0 Å². The van der Waals surface area contributed by atoms with E-state index in [-0.39, 0.29) is 29.9 Å². The second kappa shape index (κ2) is 10.6. The Morgan fingerprint density at radius 3 is 2.47 bits per heavy atom. The van der Waals surface area contributed by atoms with Gasteiger partial charge in [0.05, 0.1) is 0 Å². The highest BCUT2D eigenvalue weighted by atomic mass is 127. The molecular weight excluding hydrogens is 331 g/mol. The summed E-state index contributed by atoms with van der Waals surface area (Å²) in [6, 6.07) is 0. The van der Waals surface area contributed by atoms with E-state index in [1.165, 1.54) is 0 Å². The van der Waals surface area contributed by atoms with Crippen LogP contribution < -0.4 is 11.1 Å². The zero-order chi connectivity index (χ0) is 12.6. The van der Waals surface area contributed by atoms with Crippen molar-refractivity contribution >= 4 is 35.8 Å². The van der Waals surface area contributed by atoms with Gasteiger partial charge >= 0.3 is 0 Å². The molecule has 0 heterocycles. The third kappa shape index (κ3) is 11.7. The molecule has 0 radical (unpaired) electrons. The van der Waals surface area contributed by atoms with E-state index in [0.29, 0.717) is 24.8 Å². The summed E-state index contributed by atoms with van der Waals surface area (Å²) >= 11 is 0. The maximum Gasteiger partial charge on any atom is 0.223 e. The normalized spacial score (nSPS) is 11.0. The molecule has 0 aliphatic carbocycles. The summed E-state index contributed by atoms with van der Waals surface area (Å²) in [4.78, 5) is 17.0. The SMILES string of the molecule is CC(C)CCN=C(N)NCCC(=O)N(C)C.I. The number of hydrogen-bond donors (Lipinski definition) is 2. The molecule has 0 aromatic heterocycles. The first-order valence-corrected chi connectivity index (χ1v) is 5.67. The average Bonchev–Trinajstić information content (AvgIpc) is 2.16. The van der Waals surface area contributed by atoms with Gasteiger partial charge in [0.1, 0.15) is 0 Å². The second-order valence-electron chi connectivity index (χ2n) is 4.41. The molecule has 0 spiro atoms. The highest BCUT2D eigenvalue weighted by Crippen LogP contribution is 1.97. The predicted molar refractivity (Wildman–Crippen MR) is 82.7 cm³/mol. The highest BCUT2D eigenvalue weighted by Gasteiger charge is 2.02. The lowest BCUT2D eigenvalue weighted by Crippen LogP contribution is -2.35. The van der Waals surface area contributed by atoms with Crippen molar-refractivity contribution in [1.29, 1.82) is 0 Å². The van der Waals surface area contributed by atoms with Gasteiger partial charge in [-0.2, -0.15) is 0 Å². The van der Waals surface area contributed by atoms with E-state index in [9.17, 15) is 4.79 Å². The second-order valence-corrected chi connectivity index (χ2v) is 4.41. The van der Waals surface area contributed by atoms with Gasteiger partial charge in [-0.25, -0.2) is 0 Å². The quantitative estimate of drug-likeness (QED) is 0.424. The number of carbonyl (C=O) groups is 1. The Kier molecular flexibility index (Phi) is 11.8. The monoisotopic (exact) mass is 356 g/mol. The fourth-order valence-corrected chi connectivity index (χ4v) is 1.02. The minimum Gasteiger partial charge on any atom is -0.370 e. The van der Waals surface area contributed by atoms with Crippen LogP contribution in [0.1, 0.15) is 26.7 Å². The molecule has 102 valence electrons. The Balaban J connectivity index is 0. The van der Waals surface area contributed by atoms with E-state index in [0.717, 1.165) is 13.0 Å². The lowest BCUT2D eigenvalue weighted by molar-refractivity contribution is -0.128.